The Morgan fingerprint density at radius 3 is 2.50 bits per heavy atom. The minimum atomic E-state index is -0.144. The molecule has 3 heteroatoms. The molecule has 0 saturated heterocycles. The smallest absolute Gasteiger partial charge is 0.137 e. The van der Waals surface area contributed by atoms with E-state index < -0.39 is 0 Å². The van der Waals surface area contributed by atoms with E-state index in [2.05, 4.69) is 15.9 Å². The van der Waals surface area contributed by atoms with Gasteiger partial charge in [-0.15, -0.1) is 0 Å². The van der Waals surface area contributed by atoms with Gasteiger partial charge in [0.1, 0.15) is 5.82 Å². The van der Waals surface area contributed by atoms with Crippen LogP contribution in [0.25, 0.3) is 0 Å². The third-order valence-corrected chi connectivity index (χ3v) is 2.64. The average Bonchev–Trinajstić information content (AvgIpc) is 2.77. The first-order chi connectivity index (χ1) is 5.27. The van der Waals surface area contributed by atoms with E-state index in [1.54, 1.807) is 12.1 Å². The molecule has 0 atom stereocenters. The Kier molecular flexibility index (Phi) is 2.85. The summed E-state index contributed by atoms with van der Waals surface area (Å²) in [7, 11) is 0. The standard InChI is InChI=1S/C9H8BrF.H2O/c10-8-4-3-7(5-9(8)11)6-1-2-6;/h3-6H,1-2H2;1H2. The molecular formula is C9H10BrFO. The lowest BCUT2D eigenvalue weighted by Crippen LogP contribution is -1.82. The molecule has 0 amide bonds. The molecule has 2 N–H and O–H groups in total. The summed E-state index contributed by atoms with van der Waals surface area (Å²) in [6, 6.07) is 5.40. The van der Waals surface area contributed by atoms with E-state index in [1.165, 1.54) is 12.8 Å². The summed E-state index contributed by atoms with van der Waals surface area (Å²) in [5.41, 5.74) is 1.14. The Labute approximate surface area is 79.0 Å². The second-order valence-electron chi connectivity index (χ2n) is 2.95. The first-order valence-corrected chi connectivity index (χ1v) is 4.51. The molecule has 1 aliphatic rings. The van der Waals surface area contributed by atoms with E-state index in [-0.39, 0.29) is 11.3 Å². The monoisotopic (exact) mass is 232 g/mol. The molecule has 0 unspecified atom stereocenters. The highest BCUT2D eigenvalue weighted by molar-refractivity contribution is 9.10. The van der Waals surface area contributed by atoms with Gasteiger partial charge in [-0.1, -0.05) is 6.07 Å². The Balaban J connectivity index is 0.000000720. The number of hydrogen-bond acceptors (Lipinski definition) is 0. The lowest BCUT2D eigenvalue weighted by atomic mass is 10.1. The second kappa shape index (κ2) is 3.54. The molecule has 0 heterocycles. The Morgan fingerprint density at radius 2 is 2.00 bits per heavy atom. The Bertz CT molecular complexity index is 284. The van der Waals surface area contributed by atoms with Gasteiger partial charge in [-0.25, -0.2) is 4.39 Å². The molecule has 0 aliphatic heterocycles. The van der Waals surface area contributed by atoms with E-state index in [4.69, 9.17) is 0 Å². The van der Waals surface area contributed by atoms with Crippen LogP contribution in [-0.4, -0.2) is 5.48 Å². The maximum absolute atomic E-state index is 12.9. The highest BCUT2D eigenvalue weighted by Crippen LogP contribution is 2.40. The zero-order valence-corrected chi connectivity index (χ0v) is 8.07. The molecule has 0 bridgehead atoms. The van der Waals surface area contributed by atoms with Crippen LogP contribution in [0.5, 0.6) is 0 Å². The topological polar surface area (TPSA) is 31.5 Å². The fourth-order valence-corrected chi connectivity index (χ4v) is 1.43. The van der Waals surface area contributed by atoms with Gasteiger partial charge in [0.15, 0.2) is 0 Å². The van der Waals surface area contributed by atoms with Crippen molar-refractivity contribution in [3.05, 3.63) is 34.1 Å². The molecule has 12 heavy (non-hydrogen) atoms. The minimum absolute atomic E-state index is 0. The predicted octanol–water partition coefficient (Wildman–Crippen LogP) is 2.64. The summed E-state index contributed by atoms with van der Waals surface area (Å²) < 4.78 is 13.5. The summed E-state index contributed by atoms with van der Waals surface area (Å²) in [5, 5.41) is 0. The normalized spacial score (nSPS) is 15.5. The molecule has 1 aromatic rings. The minimum Gasteiger partial charge on any atom is -0.412 e. The molecule has 1 aromatic carbocycles. The van der Waals surface area contributed by atoms with Crippen LogP contribution in [0, 0.1) is 5.82 Å². The predicted molar refractivity (Wildman–Crippen MR) is 49.7 cm³/mol. The van der Waals surface area contributed by atoms with Crippen LogP contribution in [0.2, 0.25) is 0 Å². The first-order valence-electron chi connectivity index (χ1n) is 3.72. The van der Waals surface area contributed by atoms with Crippen LogP contribution in [0.4, 0.5) is 4.39 Å². The number of halogens is 2. The molecule has 1 nitrogen and oxygen atoms in total. The van der Waals surface area contributed by atoms with Gasteiger partial charge in [-0.3, -0.25) is 0 Å². The summed E-state index contributed by atoms with van der Waals surface area (Å²) in [4.78, 5) is 0. The first kappa shape index (κ1) is 9.68. The van der Waals surface area contributed by atoms with Gasteiger partial charge in [0.25, 0.3) is 0 Å². The van der Waals surface area contributed by atoms with Gasteiger partial charge in [0, 0.05) is 0 Å². The van der Waals surface area contributed by atoms with Crippen molar-refractivity contribution >= 4 is 15.9 Å². The van der Waals surface area contributed by atoms with Crippen molar-refractivity contribution in [2.45, 2.75) is 18.8 Å². The zero-order valence-electron chi connectivity index (χ0n) is 6.48. The van der Waals surface area contributed by atoms with Crippen LogP contribution < -0.4 is 0 Å². The van der Waals surface area contributed by atoms with Crippen LogP contribution in [0.1, 0.15) is 24.3 Å². The summed E-state index contributed by atoms with van der Waals surface area (Å²) in [6.45, 7) is 0. The Hall–Kier alpha value is -0.410. The van der Waals surface area contributed by atoms with Gasteiger partial charge in [0.2, 0.25) is 0 Å². The van der Waals surface area contributed by atoms with Crippen LogP contribution in [0.15, 0.2) is 22.7 Å². The van der Waals surface area contributed by atoms with Crippen molar-refractivity contribution in [2.75, 3.05) is 0 Å². The molecule has 1 fully saturated rings. The van der Waals surface area contributed by atoms with Crippen LogP contribution >= 0.6 is 15.9 Å². The molecule has 2 rings (SSSR count). The van der Waals surface area contributed by atoms with Gasteiger partial charge < -0.3 is 5.48 Å². The summed E-state index contributed by atoms with van der Waals surface area (Å²) in [5.74, 6) is 0.493. The maximum atomic E-state index is 12.9. The zero-order chi connectivity index (χ0) is 7.84. The van der Waals surface area contributed by atoms with Crippen molar-refractivity contribution in [3.63, 3.8) is 0 Å². The van der Waals surface area contributed by atoms with Crippen LogP contribution in [0.3, 0.4) is 0 Å². The molecule has 0 spiro atoms. The molecule has 0 aromatic heterocycles. The third kappa shape index (κ3) is 1.84. The van der Waals surface area contributed by atoms with E-state index in [0.717, 1.165) is 5.56 Å². The number of rotatable bonds is 1. The van der Waals surface area contributed by atoms with Crippen LogP contribution in [-0.2, 0) is 0 Å². The fourth-order valence-electron chi connectivity index (χ4n) is 1.18. The molecule has 1 aliphatic carbocycles. The van der Waals surface area contributed by atoms with E-state index in [0.29, 0.717) is 10.4 Å². The SMILES string of the molecule is Fc1cc(C2CC2)ccc1Br.O. The van der Waals surface area contributed by atoms with E-state index in [1.807, 2.05) is 6.07 Å². The van der Waals surface area contributed by atoms with Crippen molar-refractivity contribution < 1.29 is 9.87 Å². The number of hydrogen-bond donors (Lipinski definition) is 0. The largest absolute Gasteiger partial charge is 0.412 e. The summed E-state index contributed by atoms with van der Waals surface area (Å²) >= 11 is 3.12. The molecular weight excluding hydrogens is 223 g/mol. The quantitative estimate of drug-likeness (QED) is 0.714. The fraction of sp³-hybridized carbons (Fsp3) is 0.333. The van der Waals surface area contributed by atoms with Crippen molar-refractivity contribution in [3.8, 4) is 0 Å². The van der Waals surface area contributed by atoms with Crippen molar-refractivity contribution in [1.29, 1.82) is 0 Å². The van der Waals surface area contributed by atoms with Gasteiger partial charge in [-0.2, -0.15) is 0 Å². The van der Waals surface area contributed by atoms with Gasteiger partial charge in [0.05, 0.1) is 4.47 Å². The summed E-state index contributed by atoms with van der Waals surface area (Å²) in [6.07, 6.45) is 2.45. The highest BCUT2D eigenvalue weighted by Gasteiger charge is 2.23. The average molecular weight is 233 g/mol. The molecule has 66 valence electrons. The van der Waals surface area contributed by atoms with Crippen molar-refractivity contribution in [1.82, 2.24) is 0 Å². The number of benzene rings is 1. The highest BCUT2D eigenvalue weighted by atomic mass is 79.9. The van der Waals surface area contributed by atoms with E-state index in [9.17, 15) is 4.39 Å². The van der Waals surface area contributed by atoms with Gasteiger partial charge >= 0.3 is 0 Å². The molecule has 1 saturated carbocycles. The van der Waals surface area contributed by atoms with Crippen molar-refractivity contribution in [2.24, 2.45) is 0 Å². The molecule has 0 radical (unpaired) electrons. The lowest BCUT2D eigenvalue weighted by molar-refractivity contribution is 0.619. The maximum Gasteiger partial charge on any atom is 0.137 e. The third-order valence-electron chi connectivity index (χ3n) is 1.99. The van der Waals surface area contributed by atoms with Gasteiger partial charge in [-0.05, 0) is 52.4 Å². The Morgan fingerprint density at radius 1 is 1.33 bits per heavy atom. The second-order valence-corrected chi connectivity index (χ2v) is 3.80. The lowest BCUT2D eigenvalue weighted by Gasteiger charge is -1.98. The van der Waals surface area contributed by atoms with E-state index >= 15 is 0 Å².